The molecule has 1 N–H and O–H groups in total. The van der Waals surface area contributed by atoms with Crippen molar-refractivity contribution >= 4 is 33.1 Å². The van der Waals surface area contributed by atoms with E-state index in [9.17, 15) is 8.42 Å². The van der Waals surface area contributed by atoms with Gasteiger partial charge in [-0.1, -0.05) is 12.1 Å². The van der Waals surface area contributed by atoms with Crippen molar-refractivity contribution in [3.05, 3.63) is 28.5 Å². The molecule has 19 heavy (non-hydrogen) atoms. The van der Waals surface area contributed by atoms with Crippen LogP contribution in [-0.4, -0.2) is 29.0 Å². The fourth-order valence-corrected chi connectivity index (χ4v) is 2.68. The van der Waals surface area contributed by atoms with E-state index in [1.54, 1.807) is 13.8 Å². The summed E-state index contributed by atoms with van der Waals surface area (Å²) in [6.07, 6.45) is 1.26. The first kappa shape index (κ1) is 14.3. The molecule has 0 bridgehead atoms. The van der Waals surface area contributed by atoms with Crippen LogP contribution in [0.5, 0.6) is 0 Å². The number of fused-ring (bicyclic) bond motifs is 1. The molecule has 0 aliphatic heterocycles. The van der Waals surface area contributed by atoms with Crippen LogP contribution in [0.2, 0.25) is 0 Å². The lowest BCUT2D eigenvalue weighted by atomic mass is 10.1. The summed E-state index contributed by atoms with van der Waals surface area (Å²) in [6, 6.07) is 5.89. The number of nitrogens with one attached hydrogen (secondary N) is 1. The van der Waals surface area contributed by atoms with E-state index < -0.39 is 14.6 Å². The Morgan fingerprint density at radius 1 is 1.37 bits per heavy atom. The summed E-state index contributed by atoms with van der Waals surface area (Å²) in [5.74, 6) is 0. The largest absolute Gasteiger partial charge is 0.331 e. The highest BCUT2D eigenvalue weighted by Gasteiger charge is 2.31. The lowest BCUT2D eigenvalue weighted by Gasteiger charge is -2.23. The molecule has 0 radical (unpaired) electrons. The maximum Gasteiger partial charge on any atom is 0.178 e. The van der Waals surface area contributed by atoms with Crippen LogP contribution in [0.1, 0.15) is 19.4 Å². The maximum atomic E-state index is 11.9. The Morgan fingerprint density at radius 3 is 2.58 bits per heavy atom. The summed E-state index contributed by atoms with van der Waals surface area (Å²) < 4.78 is 25.3. The van der Waals surface area contributed by atoms with Crippen molar-refractivity contribution in [3.8, 4) is 0 Å². The third kappa shape index (κ3) is 2.47. The summed E-state index contributed by atoms with van der Waals surface area (Å²) in [7, 11) is -3.16. The van der Waals surface area contributed by atoms with E-state index in [0.29, 0.717) is 11.3 Å². The van der Waals surface area contributed by atoms with Crippen LogP contribution in [0.4, 0.5) is 0 Å². The predicted octanol–water partition coefficient (Wildman–Crippen LogP) is 2.83. The fraction of sp³-hybridized carbons (Fsp3) is 0.462. The highest BCUT2D eigenvalue weighted by molar-refractivity contribution is 7.92. The quantitative estimate of drug-likeness (QED) is 0.887. The molecule has 1 aromatic carbocycles. The van der Waals surface area contributed by atoms with Crippen LogP contribution in [0, 0.1) is 11.7 Å². The smallest absolute Gasteiger partial charge is 0.178 e. The van der Waals surface area contributed by atoms with Crippen LogP contribution in [0.3, 0.4) is 0 Å². The van der Waals surface area contributed by atoms with Gasteiger partial charge in [-0.05, 0) is 44.6 Å². The third-order valence-electron chi connectivity index (χ3n) is 3.54. The number of para-hydroxylation sites is 1. The first-order chi connectivity index (χ1) is 8.63. The molecular weight excluding hydrogens is 280 g/mol. The van der Waals surface area contributed by atoms with Crippen molar-refractivity contribution in [3.63, 3.8) is 0 Å². The van der Waals surface area contributed by atoms with E-state index >= 15 is 0 Å². The average Bonchev–Trinajstić information content (AvgIpc) is 2.54. The number of imidazole rings is 1. The van der Waals surface area contributed by atoms with Crippen LogP contribution < -0.4 is 0 Å². The molecule has 0 unspecified atom stereocenters. The van der Waals surface area contributed by atoms with Crippen molar-refractivity contribution < 1.29 is 8.42 Å². The van der Waals surface area contributed by atoms with Gasteiger partial charge in [-0.3, -0.25) is 0 Å². The predicted molar refractivity (Wildman–Crippen MR) is 80.8 cm³/mol. The van der Waals surface area contributed by atoms with Crippen molar-refractivity contribution in [2.45, 2.75) is 32.1 Å². The summed E-state index contributed by atoms with van der Waals surface area (Å²) >= 11 is 5.32. The topological polar surface area (TPSA) is 54.9 Å². The first-order valence-electron chi connectivity index (χ1n) is 6.01. The summed E-state index contributed by atoms with van der Waals surface area (Å²) in [5, 5.41) is 0. The third-order valence-corrected chi connectivity index (χ3v) is 6.00. The van der Waals surface area contributed by atoms with Crippen molar-refractivity contribution in [2.75, 3.05) is 6.26 Å². The minimum atomic E-state index is -3.16. The Hall–Kier alpha value is -1.14. The highest BCUT2D eigenvalue weighted by atomic mass is 32.2. The van der Waals surface area contributed by atoms with Crippen molar-refractivity contribution in [2.24, 2.45) is 0 Å². The van der Waals surface area contributed by atoms with Crippen LogP contribution in [0.25, 0.3) is 11.0 Å². The summed E-state index contributed by atoms with van der Waals surface area (Å²) in [5.41, 5.74) is 2.99. The zero-order valence-electron chi connectivity index (χ0n) is 11.5. The molecule has 0 saturated heterocycles. The SMILES string of the molecule is Cc1cccc2[nH]c(=S)n(CC(C)(C)S(C)(=O)=O)c12. The lowest BCUT2D eigenvalue weighted by Crippen LogP contribution is -2.35. The average molecular weight is 298 g/mol. The van der Waals surface area contributed by atoms with E-state index in [1.165, 1.54) is 6.26 Å². The van der Waals surface area contributed by atoms with E-state index in [0.717, 1.165) is 16.6 Å². The number of nitrogens with zero attached hydrogens (tertiary/aromatic N) is 1. The molecular formula is C13H18N2O2S2. The number of sulfone groups is 1. The van der Waals surface area contributed by atoms with E-state index in [2.05, 4.69) is 4.98 Å². The number of hydrogen-bond acceptors (Lipinski definition) is 3. The zero-order chi connectivity index (χ0) is 14.4. The minimum Gasteiger partial charge on any atom is -0.331 e. The number of aromatic amines is 1. The number of aryl methyl sites for hydroxylation is 1. The van der Waals surface area contributed by atoms with Gasteiger partial charge in [0.2, 0.25) is 0 Å². The van der Waals surface area contributed by atoms with Crippen LogP contribution >= 0.6 is 12.2 Å². The van der Waals surface area contributed by atoms with E-state index in [1.807, 2.05) is 29.7 Å². The van der Waals surface area contributed by atoms with E-state index in [-0.39, 0.29) is 0 Å². The van der Waals surface area contributed by atoms with Gasteiger partial charge in [-0.25, -0.2) is 8.42 Å². The van der Waals surface area contributed by atoms with Crippen molar-refractivity contribution in [1.82, 2.24) is 9.55 Å². The number of aromatic nitrogens is 2. The van der Waals surface area contributed by atoms with Gasteiger partial charge in [0.25, 0.3) is 0 Å². The molecule has 0 aliphatic carbocycles. The Bertz CT molecular complexity index is 783. The first-order valence-corrected chi connectivity index (χ1v) is 8.31. The Labute approximate surface area is 118 Å². The van der Waals surface area contributed by atoms with Gasteiger partial charge in [-0.2, -0.15) is 0 Å². The summed E-state index contributed by atoms with van der Waals surface area (Å²) in [6.45, 7) is 5.78. The minimum absolute atomic E-state index is 0.343. The van der Waals surface area contributed by atoms with Crippen LogP contribution in [0.15, 0.2) is 18.2 Å². The second kappa shape index (κ2) is 4.45. The number of benzene rings is 1. The molecule has 0 spiro atoms. The van der Waals surface area contributed by atoms with Gasteiger partial charge < -0.3 is 9.55 Å². The van der Waals surface area contributed by atoms with Gasteiger partial charge >= 0.3 is 0 Å². The standard InChI is InChI=1S/C13H18N2O2S2/c1-9-6-5-7-10-11(9)15(12(18)14-10)8-13(2,3)19(4,16)17/h5-7H,8H2,1-4H3,(H,14,18). The molecule has 4 nitrogen and oxygen atoms in total. The number of hydrogen-bond donors (Lipinski definition) is 1. The van der Waals surface area contributed by atoms with Gasteiger partial charge in [0, 0.05) is 12.8 Å². The fourth-order valence-electron chi connectivity index (χ4n) is 2.05. The summed E-state index contributed by atoms with van der Waals surface area (Å²) in [4.78, 5) is 3.12. The molecule has 2 aromatic rings. The van der Waals surface area contributed by atoms with Gasteiger partial charge in [-0.15, -0.1) is 0 Å². The maximum absolute atomic E-state index is 11.9. The molecule has 0 amide bonds. The monoisotopic (exact) mass is 298 g/mol. The Balaban J connectivity index is 2.65. The Kier molecular flexibility index (Phi) is 3.35. The molecule has 0 saturated carbocycles. The molecule has 0 atom stereocenters. The molecule has 0 aliphatic rings. The molecule has 1 heterocycles. The molecule has 1 aromatic heterocycles. The second-order valence-electron chi connectivity index (χ2n) is 5.52. The van der Waals surface area contributed by atoms with Gasteiger partial charge in [0.15, 0.2) is 14.6 Å². The molecule has 104 valence electrons. The van der Waals surface area contributed by atoms with Crippen molar-refractivity contribution in [1.29, 1.82) is 0 Å². The molecule has 0 fully saturated rings. The zero-order valence-corrected chi connectivity index (χ0v) is 13.2. The Morgan fingerprint density at radius 2 is 2.00 bits per heavy atom. The van der Waals surface area contributed by atoms with Gasteiger partial charge in [0.1, 0.15) is 0 Å². The van der Waals surface area contributed by atoms with Gasteiger partial charge in [0.05, 0.1) is 15.8 Å². The van der Waals surface area contributed by atoms with E-state index in [4.69, 9.17) is 12.2 Å². The number of rotatable bonds is 3. The normalized spacial score (nSPS) is 13.1. The lowest BCUT2D eigenvalue weighted by molar-refractivity contribution is 0.506. The second-order valence-corrected chi connectivity index (χ2v) is 8.56. The van der Waals surface area contributed by atoms with Crippen LogP contribution in [-0.2, 0) is 16.4 Å². The highest BCUT2D eigenvalue weighted by Crippen LogP contribution is 2.24. The molecule has 2 rings (SSSR count). The number of H-pyrrole nitrogens is 1. The molecule has 6 heteroatoms.